The number of carbonyl (C=O) groups is 2. The molecular formula is C20H24O3S. The third-order valence-electron chi connectivity index (χ3n) is 4.11. The molecule has 2 aliphatic carbocycles. The van der Waals surface area contributed by atoms with Crippen LogP contribution in [0.4, 0.5) is 0 Å². The molecule has 0 saturated heterocycles. The first-order chi connectivity index (χ1) is 11.6. The van der Waals surface area contributed by atoms with Gasteiger partial charge in [0.1, 0.15) is 0 Å². The number of benzene rings is 1. The Kier molecular flexibility index (Phi) is 6.44. The van der Waals surface area contributed by atoms with Gasteiger partial charge in [-0.05, 0) is 31.1 Å². The van der Waals surface area contributed by atoms with Crippen molar-refractivity contribution in [2.24, 2.45) is 5.92 Å². The van der Waals surface area contributed by atoms with Crippen LogP contribution >= 0.6 is 12.6 Å². The molecule has 0 bridgehead atoms. The number of carbonyl (C=O) groups excluding carboxylic acids is 2. The van der Waals surface area contributed by atoms with Crippen LogP contribution in [-0.4, -0.2) is 18.2 Å². The Labute approximate surface area is 149 Å². The summed E-state index contributed by atoms with van der Waals surface area (Å²) in [5.41, 5.74) is 1.41. The number of thiol groups is 1. The third kappa shape index (κ3) is 3.48. The van der Waals surface area contributed by atoms with Crippen molar-refractivity contribution < 1.29 is 14.3 Å². The second kappa shape index (κ2) is 8.34. The molecule has 3 rings (SSSR count). The van der Waals surface area contributed by atoms with Crippen LogP contribution in [-0.2, 0) is 4.74 Å². The predicted molar refractivity (Wildman–Crippen MR) is 99.5 cm³/mol. The largest absolute Gasteiger partial charge is 0.489 e. The van der Waals surface area contributed by atoms with E-state index in [1.54, 1.807) is 24.3 Å². The Hall–Kier alpha value is -1.81. The van der Waals surface area contributed by atoms with Gasteiger partial charge < -0.3 is 4.74 Å². The standard InChI is InChI=1S/C18H18O3S.C2H6/c1-2-21-18-15(11-6-5-7-12(22)10-11)16(19)13-8-3-4-9-14(13)17(18)20;1-2/h3-4,8-11,22H,2,5-7H2,1H3;1-2H3. The lowest BCUT2D eigenvalue weighted by molar-refractivity contribution is 0.0871. The molecule has 1 unspecified atom stereocenters. The van der Waals surface area contributed by atoms with Crippen LogP contribution in [0.2, 0.25) is 0 Å². The highest BCUT2D eigenvalue weighted by molar-refractivity contribution is 7.84. The second-order valence-corrected chi connectivity index (χ2v) is 6.11. The summed E-state index contributed by atoms with van der Waals surface area (Å²) in [7, 11) is 0. The number of hydrogen-bond acceptors (Lipinski definition) is 4. The number of allylic oxidation sites excluding steroid dienone is 4. The summed E-state index contributed by atoms with van der Waals surface area (Å²) in [6.07, 6.45) is 4.72. The molecule has 0 N–H and O–H groups in total. The van der Waals surface area contributed by atoms with Crippen LogP contribution in [0.3, 0.4) is 0 Å². The summed E-state index contributed by atoms with van der Waals surface area (Å²) >= 11 is 4.43. The van der Waals surface area contributed by atoms with E-state index in [0.29, 0.717) is 23.3 Å². The molecule has 0 heterocycles. The first kappa shape index (κ1) is 18.5. The van der Waals surface area contributed by atoms with E-state index in [9.17, 15) is 9.59 Å². The maximum absolute atomic E-state index is 12.9. The fraction of sp³-hybridized carbons (Fsp3) is 0.400. The average Bonchev–Trinajstić information content (AvgIpc) is 2.61. The lowest BCUT2D eigenvalue weighted by Crippen LogP contribution is -2.27. The molecule has 0 aromatic heterocycles. The lowest BCUT2D eigenvalue weighted by Gasteiger charge is -2.27. The topological polar surface area (TPSA) is 43.4 Å². The summed E-state index contributed by atoms with van der Waals surface area (Å²) in [6.45, 7) is 6.19. The van der Waals surface area contributed by atoms with E-state index in [2.05, 4.69) is 12.6 Å². The molecule has 0 saturated carbocycles. The minimum atomic E-state index is -0.188. The normalized spacial score (nSPS) is 20.0. The molecule has 0 spiro atoms. The van der Waals surface area contributed by atoms with E-state index in [4.69, 9.17) is 4.74 Å². The molecule has 4 heteroatoms. The van der Waals surface area contributed by atoms with Crippen molar-refractivity contribution in [3.05, 3.63) is 57.7 Å². The molecule has 0 amide bonds. The SMILES string of the molecule is CC.CCOC1=C(C2C=C(S)CCC2)C(=O)c2ccccc2C1=O. The highest BCUT2D eigenvalue weighted by Crippen LogP contribution is 2.37. The van der Waals surface area contributed by atoms with Crippen LogP contribution < -0.4 is 0 Å². The number of hydrogen-bond donors (Lipinski definition) is 1. The summed E-state index contributed by atoms with van der Waals surface area (Å²) < 4.78 is 5.58. The Bertz CT molecular complexity index is 701. The van der Waals surface area contributed by atoms with Crippen molar-refractivity contribution in [1.82, 2.24) is 0 Å². The van der Waals surface area contributed by atoms with Gasteiger partial charge in [-0.3, -0.25) is 9.59 Å². The monoisotopic (exact) mass is 344 g/mol. The summed E-state index contributed by atoms with van der Waals surface area (Å²) in [6, 6.07) is 6.96. The van der Waals surface area contributed by atoms with Crippen molar-refractivity contribution in [2.45, 2.75) is 40.0 Å². The third-order valence-corrected chi connectivity index (χ3v) is 4.49. The van der Waals surface area contributed by atoms with Gasteiger partial charge in [0.15, 0.2) is 11.5 Å². The van der Waals surface area contributed by atoms with Gasteiger partial charge in [0.2, 0.25) is 5.78 Å². The molecular weight excluding hydrogens is 320 g/mol. The minimum absolute atomic E-state index is 0.0902. The van der Waals surface area contributed by atoms with Gasteiger partial charge in [0.05, 0.1) is 12.2 Å². The molecule has 128 valence electrons. The predicted octanol–water partition coefficient (Wildman–Crippen LogP) is 5.00. The minimum Gasteiger partial charge on any atom is -0.489 e. The number of ketones is 2. The zero-order valence-electron chi connectivity index (χ0n) is 14.5. The smallest absolute Gasteiger partial charge is 0.228 e. The Balaban J connectivity index is 0.00000100. The fourth-order valence-electron chi connectivity index (χ4n) is 3.13. The van der Waals surface area contributed by atoms with Crippen LogP contribution in [0.25, 0.3) is 0 Å². The van der Waals surface area contributed by atoms with E-state index in [0.717, 1.165) is 24.2 Å². The van der Waals surface area contributed by atoms with Crippen LogP contribution in [0.15, 0.2) is 46.6 Å². The van der Waals surface area contributed by atoms with Gasteiger partial charge in [-0.25, -0.2) is 0 Å². The molecule has 1 aromatic rings. The zero-order chi connectivity index (χ0) is 17.7. The second-order valence-electron chi connectivity index (χ2n) is 5.54. The summed E-state index contributed by atoms with van der Waals surface area (Å²) in [5, 5.41) is 0. The van der Waals surface area contributed by atoms with Crippen LogP contribution in [0.1, 0.15) is 60.7 Å². The number of fused-ring (bicyclic) bond motifs is 1. The average molecular weight is 344 g/mol. The Morgan fingerprint density at radius 2 is 1.75 bits per heavy atom. The van der Waals surface area contributed by atoms with Crippen molar-refractivity contribution in [3.8, 4) is 0 Å². The molecule has 3 nitrogen and oxygen atoms in total. The van der Waals surface area contributed by atoms with Gasteiger partial charge in [-0.1, -0.05) is 44.2 Å². The Morgan fingerprint density at radius 3 is 2.33 bits per heavy atom. The Morgan fingerprint density at radius 1 is 1.12 bits per heavy atom. The van der Waals surface area contributed by atoms with Crippen molar-refractivity contribution in [3.63, 3.8) is 0 Å². The van der Waals surface area contributed by atoms with Crippen LogP contribution in [0.5, 0.6) is 0 Å². The maximum Gasteiger partial charge on any atom is 0.228 e. The fourth-order valence-corrected chi connectivity index (χ4v) is 3.46. The highest BCUT2D eigenvalue weighted by atomic mass is 32.1. The number of Topliss-reactive ketones (excluding diaryl/α,β-unsaturated/α-hetero) is 2. The van der Waals surface area contributed by atoms with Gasteiger partial charge >= 0.3 is 0 Å². The van der Waals surface area contributed by atoms with E-state index >= 15 is 0 Å². The van der Waals surface area contributed by atoms with Gasteiger partial charge in [-0.15, -0.1) is 12.6 Å². The van der Waals surface area contributed by atoms with Crippen molar-refractivity contribution in [1.29, 1.82) is 0 Å². The van der Waals surface area contributed by atoms with Crippen molar-refractivity contribution in [2.75, 3.05) is 6.61 Å². The van der Waals surface area contributed by atoms with Gasteiger partial charge in [-0.2, -0.15) is 0 Å². The van der Waals surface area contributed by atoms with E-state index in [1.807, 2.05) is 26.8 Å². The zero-order valence-corrected chi connectivity index (χ0v) is 15.4. The first-order valence-electron chi connectivity index (χ1n) is 8.58. The van der Waals surface area contributed by atoms with Crippen molar-refractivity contribution >= 4 is 24.2 Å². The molecule has 24 heavy (non-hydrogen) atoms. The summed E-state index contributed by atoms with van der Waals surface area (Å²) in [4.78, 5) is 26.6. The highest BCUT2D eigenvalue weighted by Gasteiger charge is 2.36. The van der Waals surface area contributed by atoms with Crippen LogP contribution in [0, 0.1) is 5.92 Å². The molecule has 2 aliphatic rings. The van der Waals surface area contributed by atoms with E-state index in [1.165, 1.54) is 0 Å². The molecule has 0 aliphatic heterocycles. The van der Waals surface area contributed by atoms with E-state index < -0.39 is 0 Å². The molecule has 1 aromatic carbocycles. The number of ether oxygens (including phenoxy) is 1. The molecule has 0 fully saturated rings. The summed E-state index contributed by atoms with van der Waals surface area (Å²) in [5.74, 6) is -0.155. The molecule has 1 atom stereocenters. The quantitative estimate of drug-likeness (QED) is 0.785. The number of rotatable bonds is 3. The lowest BCUT2D eigenvalue weighted by atomic mass is 9.78. The first-order valence-corrected chi connectivity index (χ1v) is 9.03. The van der Waals surface area contributed by atoms with Gasteiger partial charge in [0.25, 0.3) is 0 Å². The maximum atomic E-state index is 12.9. The van der Waals surface area contributed by atoms with E-state index in [-0.39, 0.29) is 23.2 Å². The molecule has 0 radical (unpaired) electrons. The van der Waals surface area contributed by atoms with Gasteiger partial charge in [0, 0.05) is 17.0 Å².